The highest BCUT2D eigenvalue weighted by Gasteiger charge is 2.30. The van der Waals surface area contributed by atoms with E-state index in [0.717, 1.165) is 21.8 Å². The van der Waals surface area contributed by atoms with Crippen LogP contribution in [0.2, 0.25) is 0 Å². The second-order valence-corrected chi connectivity index (χ2v) is 7.37. The van der Waals surface area contributed by atoms with E-state index in [1.165, 1.54) is 29.5 Å². The molecule has 1 aliphatic heterocycles. The third-order valence-corrected chi connectivity index (χ3v) is 5.34. The zero-order chi connectivity index (χ0) is 19.8. The summed E-state index contributed by atoms with van der Waals surface area (Å²) in [4.78, 5) is 16.8. The maximum absolute atomic E-state index is 12.1. The highest BCUT2D eigenvalue weighted by Crippen LogP contribution is 2.39. The van der Waals surface area contributed by atoms with Gasteiger partial charge in [0.2, 0.25) is 0 Å². The Kier molecular flexibility index (Phi) is 4.40. The Balaban J connectivity index is 1.78. The van der Waals surface area contributed by atoms with Crippen LogP contribution in [0, 0.1) is 0 Å². The lowest BCUT2D eigenvalue weighted by Gasteiger charge is -2.28. The fourth-order valence-corrected chi connectivity index (χ4v) is 4.16. The summed E-state index contributed by atoms with van der Waals surface area (Å²) in [5.41, 5.74) is 10.2. The lowest BCUT2D eigenvalue weighted by Crippen LogP contribution is -2.42. The molecule has 0 bridgehead atoms. The Morgan fingerprint density at radius 1 is 1.11 bits per heavy atom. The minimum Gasteiger partial charge on any atom is -0.508 e. The highest BCUT2D eigenvalue weighted by atomic mass is 32.1. The Bertz CT molecular complexity index is 1070. The molecule has 3 aromatic rings. The molecule has 0 aliphatic carbocycles. The van der Waals surface area contributed by atoms with Crippen molar-refractivity contribution >= 4 is 28.6 Å². The molecule has 142 valence electrons. The number of phenolic OH excluding ortho intramolecular Hbond substituents is 2. The summed E-state index contributed by atoms with van der Waals surface area (Å²) in [5.74, 6) is -0.164. The van der Waals surface area contributed by atoms with Crippen molar-refractivity contribution in [2.45, 2.75) is 13.0 Å². The first kappa shape index (κ1) is 17.9. The van der Waals surface area contributed by atoms with E-state index in [2.05, 4.69) is 10.6 Å². The number of aromatic nitrogens is 1. The molecule has 2 heterocycles. The number of carbonyl (C=O) groups excluding carboxylic acids is 1. The van der Waals surface area contributed by atoms with E-state index < -0.39 is 6.04 Å². The monoisotopic (exact) mass is 394 g/mol. The number of phenols is 2. The standard InChI is InChI=1S/C20H18N4O3S/c1-10-17(19-23-16(9-28-19)11-2-4-13(21)5-3-11)18(24-20(27)22-10)12-6-14(25)8-15(26)7-12/h2-9,18,25-26H,21H2,1H3,(H2,22,24,27). The van der Waals surface area contributed by atoms with E-state index in [0.29, 0.717) is 16.9 Å². The lowest BCUT2D eigenvalue weighted by molar-refractivity contribution is 0.240. The van der Waals surface area contributed by atoms with E-state index in [-0.39, 0.29) is 17.5 Å². The van der Waals surface area contributed by atoms with Crippen LogP contribution in [0.5, 0.6) is 11.5 Å². The summed E-state index contributed by atoms with van der Waals surface area (Å²) in [6.07, 6.45) is 0. The molecule has 2 amide bonds. The van der Waals surface area contributed by atoms with Gasteiger partial charge in [-0.25, -0.2) is 9.78 Å². The van der Waals surface area contributed by atoms with Crippen LogP contribution in [-0.4, -0.2) is 21.2 Å². The Morgan fingerprint density at radius 2 is 1.79 bits per heavy atom. The molecule has 4 rings (SSSR count). The summed E-state index contributed by atoms with van der Waals surface area (Å²) >= 11 is 1.45. The second-order valence-electron chi connectivity index (χ2n) is 6.51. The Morgan fingerprint density at radius 3 is 2.46 bits per heavy atom. The van der Waals surface area contributed by atoms with Crippen molar-refractivity contribution in [1.29, 1.82) is 0 Å². The molecule has 8 heteroatoms. The van der Waals surface area contributed by atoms with E-state index in [1.54, 1.807) is 6.92 Å². The van der Waals surface area contributed by atoms with Gasteiger partial charge in [0.05, 0.1) is 11.7 Å². The van der Waals surface area contributed by atoms with Crippen LogP contribution in [0.15, 0.2) is 53.5 Å². The van der Waals surface area contributed by atoms with Gasteiger partial charge in [0.25, 0.3) is 0 Å². The van der Waals surface area contributed by atoms with Crippen molar-refractivity contribution in [2.24, 2.45) is 0 Å². The maximum Gasteiger partial charge on any atom is 0.319 e. The fraction of sp³-hybridized carbons (Fsp3) is 0.100. The highest BCUT2D eigenvalue weighted by molar-refractivity contribution is 7.11. The third-order valence-electron chi connectivity index (χ3n) is 4.47. The van der Waals surface area contributed by atoms with Crippen LogP contribution in [0.4, 0.5) is 10.5 Å². The average molecular weight is 394 g/mol. The zero-order valence-corrected chi connectivity index (χ0v) is 15.7. The number of amides is 2. The van der Waals surface area contributed by atoms with Crippen LogP contribution >= 0.6 is 11.3 Å². The van der Waals surface area contributed by atoms with Crippen molar-refractivity contribution in [2.75, 3.05) is 5.73 Å². The van der Waals surface area contributed by atoms with Gasteiger partial charge in [-0.15, -0.1) is 11.3 Å². The molecule has 1 aliphatic rings. The van der Waals surface area contributed by atoms with Crippen molar-refractivity contribution in [3.8, 4) is 22.8 Å². The molecule has 7 nitrogen and oxygen atoms in total. The number of nitrogens with two attached hydrogens (primary N) is 1. The van der Waals surface area contributed by atoms with Crippen molar-refractivity contribution in [3.63, 3.8) is 0 Å². The number of carbonyl (C=O) groups is 1. The SMILES string of the molecule is CC1=C(c2nc(-c3ccc(N)cc3)cs2)C(c2cc(O)cc(O)c2)NC(=O)N1. The van der Waals surface area contributed by atoms with Gasteiger partial charge in [0, 0.05) is 34.0 Å². The van der Waals surface area contributed by atoms with Gasteiger partial charge in [0.15, 0.2) is 0 Å². The predicted molar refractivity (Wildman–Crippen MR) is 109 cm³/mol. The molecule has 2 aromatic carbocycles. The van der Waals surface area contributed by atoms with Gasteiger partial charge in [0.1, 0.15) is 16.5 Å². The number of nitrogens with one attached hydrogen (secondary N) is 2. The van der Waals surface area contributed by atoms with Gasteiger partial charge in [-0.2, -0.15) is 0 Å². The number of thiazole rings is 1. The predicted octanol–water partition coefficient (Wildman–Crippen LogP) is 3.59. The van der Waals surface area contributed by atoms with Crippen LogP contribution in [0.1, 0.15) is 23.5 Å². The molecule has 0 fully saturated rings. The number of benzene rings is 2. The number of nitrogens with zero attached hydrogens (tertiary/aromatic N) is 1. The largest absolute Gasteiger partial charge is 0.508 e. The van der Waals surface area contributed by atoms with Crippen molar-refractivity contribution in [1.82, 2.24) is 15.6 Å². The zero-order valence-electron chi connectivity index (χ0n) is 14.9. The number of nitrogen functional groups attached to an aromatic ring is 1. The molecular weight excluding hydrogens is 376 g/mol. The van der Waals surface area contributed by atoms with E-state index in [4.69, 9.17) is 10.7 Å². The van der Waals surface area contributed by atoms with Gasteiger partial charge in [-0.3, -0.25) is 0 Å². The van der Waals surface area contributed by atoms with E-state index >= 15 is 0 Å². The number of urea groups is 1. The third kappa shape index (κ3) is 3.37. The minimum absolute atomic E-state index is 0.0820. The summed E-state index contributed by atoms with van der Waals surface area (Å²) in [6, 6.07) is 10.8. The van der Waals surface area contributed by atoms with Crippen molar-refractivity contribution in [3.05, 3.63) is 64.1 Å². The van der Waals surface area contributed by atoms with Gasteiger partial charge >= 0.3 is 6.03 Å². The number of hydrogen-bond acceptors (Lipinski definition) is 6. The second kappa shape index (κ2) is 6.90. The molecule has 6 N–H and O–H groups in total. The number of hydrogen-bond donors (Lipinski definition) is 5. The van der Waals surface area contributed by atoms with E-state index in [1.807, 2.05) is 29.6 Å². The van der Waals surface area contributed by atoms with Crippen LogP contribution in [0.3, 0.4) is 0 Å². The van der Waals surface area contributed by atoms with Crippen LogP contribution in [0.25, 0.3) is 16.8 Å². The first-order valence-corrected chi connectivity index (χ1v) is 9.41. The summed E-state index contributed by atoms with van der Waals surface area (Å²) in [6.45, 7) is 1.80. The summed E-state index contributed by atoms with van der Waals surface area (Å²) in [7, 11) is 0. The van der Waals surface area contributed by atoms with Gasteiger partial charge in [-0.1, -0.05) is 12.1 Å². The molecule has 1 aromatic heterocycles. The number of anilines is 1. The molecule has 1 unspecified atom stereocenters. The van der Waals surface area contributed by atoms with Gasteiger partial charge in [-0.05, 0) is 36.8 Å². The first-order chi connectivity index (χ1) is 13.4. The van der Waals surface area contributed by atoms with E-state index in [9.17, 15) is 15.0 Å². The summed E-state index contributed by atoms with van der Waals surface area (Å²) in [5, 5.41) is 28.0. The minimum atomic E-state index is -0.558. The van der Waals surface area contributed by atoms with Crippen LogP contribution < -0.4 is 16.4 Å². The molecule has 0 saturated carbocycles. The number of rotatable bonds is 3. The van der Waals surface area contributed by atoms with Gasteiger partial charge < -0.3 is 26.6 Å². The molecule has 0 spiro atoms. The number of allylic oxidation sites excluding steroid dienone is 1. The normalized spacial score (nSPS) is 16.6. The lowest BCUT2D eigenvalue weighted by atomic mass is 9.95. The molecular formula is C20H18N4O3S. The topological polar surface area (TPSA) is 120 Å². The Hall–Kier alpha value is -3.52. The molecule has 28 heavy (non-hydrogen) atoms. The summed E-state index contributed by atoms with van der Waals surface area (Å²) < 4.78 is 0. The average Bonchev–Trinajstić information content (AvgIpc) is 3.10. The molecule has 0 radical (unpaired) electrons. The van der Waals surface area contributed by atoms with Crippen LogP contribution in [-0.2, 0) is 0 Å². The smallest absolute Gasteiger partial charge is 0.319 e. The maximum atomic E-state index is 12.1. The fourth-order valence-electron chi connectivity index (χ4n) is 3.20. The quantitative estimate of drug-likeness (QED) is 0.435. The number of aromatic hydroxyl groups is 2. The van der Waals surface area contributed by atoms with Crippen molar-refractivity contribution < 1.29 is 15.0 Å². The molecule has 0 saturated heterocycles. The Labute approximate surface area is 165 Å². The first-order valence-electron chi connectivity index (χ1n) is 8.54. The molecule has 1 atom stereocenters.